The molecule has 1 aromatic carbocycles. The third-order valence-corrected chi connectivity index (χ3v) is 3.08. The van der Waals surface area contributed by atoms with Crippen molar-refractivity contribution in [2.45, 2.75) is 11.0 Å². The maximum absolute atomic E-state index is 13.2. The van der Waals surface area contributed by atoms with Gasteiger partial charge in [0.15, 0.2) is 6.10 Å². The molecule has 0 aliphatic rings. The van der Waals surface area contributed by atoms with Gasteiger partial charge in [-0.25, -0.2) is 13.6 Å². The molecule has 1 atom stereocenters. The molecule has 3 N–H and O–H groups in total. The number of aliphatic carboxylic acids is 1. The molecule has 0 aromatic heterocycles. The van der Waals surface area contributed by atoms with Crippen LogP contribution in [0, 0.1) is 11.6 Å². The van der Waals surface area contributed by atoms with Crippen LogP contribution in [0.15, 0.2) is 23.1 Å². The van der Waals surface area contributed by atoms with Crippen LogP contribution < -0.4 is 5.32 Å². The predicted octanol–water partition coefficient (Wildman–Crippen LogP) is 0.619. The fraction of sp³-hybridized carbons (Fsp3) is 0.273. The van der Waals surface area contributed by atoms with E-state index in [-0.39, 0.29) is 10.6 Å². The first-order valence-electron chi connectivity index (χ1n) is 5.15. The average Bonchev–Trinajstić information content (AvgIpc) is 2.34. The number of carboxylic acids is 1. The third-order valence-electron chi connectivity index (χ3n) is 2.03. The quantitative estimate of drug-likeness (QED) is 0.669. The van der Waals surface area contributed by atoms with Gasteiger partial charge in [0.2, 0.25) is 5.91 Å². The van der Waals surface area contributed by atoms with E-state index in [2.05, 4.69) is 5.32 Å². The number of hydrogen-bond acceptors (Lipinski definition) is 4. The van der Waals surface area contributed by atoms with Crippen LogP contribution >= 0.6 is 11.8 Å². The zero-order valence-corrected chi connectivity index (χ0v) is 10.4. The molecule has 1 aromatic rings. The summed E-state index contributed by atoms with van der Waals surface area (Å²) >= 11 is 0.841. The summed E-state index contributed by atoms with van der Waals surface area (Å²) in [7, 11) is 0. The maximum atomic E-state index is 13.2. The second-order valence-electron chi connectivity index (χ2n) is 3.52. The number of carbonyl (C=O) groups is 2. The number of hydrogen-bond donors (Lipinski definition) is 3. The van der Waals surface area contributed by atoms with Crippen molar-refractivity contribution in [1.82, 2.24) is 5.32 Å². The minimum Gasteiger partial charge on any atom is -0.479 e. The Balaban J connectivity index is 2.40. The molecule has 0 unspecified atom stereocenters. The highest BCUT2D eigenvalue weighted by atomic mass is 32.2. The fourth-order valence-electron chi connectivity index (χ4n) is 1.08. The van der Waals surface area contributed by atoms with Gasteiger partial charge in [0.05, 0.1) is 12.3 Å². The van der Waals surface area contributed by atoms with Crippen molar-refractivity contribution in [2.75, 3.05) is 12.3 Å². The Morgan fingerprint density at radius 1 is 1.37 bits per heavy atom. The van der Waals surface area contributed by atoms with Crippen molar-refractivity contribution in [3.8, 4) is 0 Å². The summed E-state index contributed by atoms with van der Waals surface area (Å²) in [5.41, 5.74) is 0. The average molecular weight is 291 g/mol. The number of aliphatic hydroxyl groups is 1. The van der Waals surface area contributed by atoms with E-state index in [1.165, 1.54) is 6.07 Å². The van der Waals surface area contributed by atoms with Gasteiger partial charge >= 0.3 is 5.97 Å². The van der Waals surface area contributed by atoms with E-state index in [4.69, 9.17) is 10.2 Å². The van der Waals surface area contributed by atoms with Gasteiger partial charge in [0.25, 0.3) is 0 Å². The van der Waals surface area contributed by atoms with E-state index >= 15 is 0 Å². The minimum absolute atomic E-state index is 0.107. The normalized spacial score (nSPS) is 11.9. The Kier molecular flexibility index (Phi) is 5.71. The molecule has 0 bridgehead atoms. The first-order valence-corrected chi connectivity index (χ1v) is 6.14. The lowest BCUT2D eigenvalue weighted by Crippen LogP contribution is -2.37. The van der Waals surface area contributed by atoms with Crippen molar-refractivity contribution in [1.29, 1.82) is 0 Å². The van der Waals surface area contributed by atoms with E-state index in [0.29, 0.717) is 6.07 Å². The summed E-state index contributed by atoms with van der Waals surface area (Å²) in [5.74, 6) is -3.67. The summed E-state index contributed by atoms with van der Waals surface area (Å²) in [5, 5.41) is 19.5. The summed E-state index contributed by atoms with van der Waals surface area (Å²) in [6.45, 7) is -0.430. The van der Waals surface area contributed by atoms with Gasteiger partial charge in [0, 0.05) is 11.0 Å². The van der Waals surface area contributed by atoms with E-state index < -0.39 is 36.2 Å². The monoisotopic (exact) mass is 291 g/mol. The molecule has 0 radical (unpaired) electrons. The van der Waals surface area contributed by atoms with E-state index in [0.717, 1.165) is 17.8 Å². The molecule has 104 valence electrons. The minimum atomic E-state index is -1.68. The summed E-state index contributed by atoms with van der Waals surface area (Å²) in [4.78, 5) is 21.7. The van der Waals surface area contributed by atoms with Crippen LogP contribution in [-0.4, -0.2) is 40.5 Å². The second kappa shape index (κ2) is 7.05. The maximum Gasteiger partial charge on any atom is 0.334 e. The van der Waals surface area contributed by atoms with E-state index in [1.54, 1.807) is 0 Å². The van der Waals surface area contributed by atoms with Gasteiger partial charge in [-0.3, -0.25) is 4.79 Å². The van der Waals surface area contributed by atoms with Crippen LogP contribution in [0.5, 0.6) is 0 Å². The molecular weight excluding hydrogens is 280 g/mol. The Morgan fingerprint density at radius 3 is 2.63 bits per heavy atom. The van der Waals surface area contributed by atoms with Crippen molar-refractivity contribution in [3.05, 3.63) is 29.8 Å². The van der Waals surface area contributed by atoms with Crippen LogP contribution in [0.25, 0.3) is 0 Å². The van der Waals surface area contributed by atoms with Gasteiger partial charge in [-0.1, -0.05) is 0 Å². The molecule has 19 heavy (non-hydrogen) atoms. The SMILES string of the molecule is O=C(CSc1ccc(F)cc1F)NC[C@H](O)C(=O)O. The van der Waals surface area contributed by atoms with Gasteiger partial charge in [-0.05, 0) is 12.1 Å². The molecule has 0 heterocycles. The smallest absolute Gasteiger partial charge is 0.334 e. The van der Waals surface area contributed by atoms with Gasteiger partial charge in [-0.15, -0.1) is 11.8 Å². The number of carboxylic acid groups (broad SMARTS) is 1. The van der Waals surface area contributed by atoms with Crippen LogP contribution in [0.2, 0.25) is 0 Å². The van der Waals surface area contributed by atoms with Gasteiger partial charge < -0.3 is 15.5 Å². The van der Waals surface area contributed by atoms with Crippen LogP contribution in [0.3, 0.4) is 0 Å². The van der Waals surface area contributed by atoms with E-state index in [9.17, 15) is 18.4 Å². The Labute approximate surface area is 111 Å². The zero-order chi connectivity index (χ0) is 14.4. The third kappa shape index (κ3) is 5.23. The molecule has 0 spiro atoms. The lowest BCUT2D eigenvalue weighted by Gasteiger charge is -2.07. The topological polar surface area (TPSA) is 86.6 Å². The molecule has 0 aliphatic heterocycles. The molecule has 1 rings (SSSR count). The number of rotatable bonds is 6. The first kappa shape index (κ1) is 15.4. The van der Waals surface area contributed by atoms with E-state index in [1.807, 2.05) is 0 Å². The molecule has 5 nitrogen and oxygen atoms in total. The highest BCUT2D eigenvalue weighted by Crippen LogP contribution is 2.21. The standard InChI is InChI=1S/C11H11F2NO4S/c12-6-1-2-9(7(13)3-6)19-5-10(16)14-4-8(15)11(17)18/h1-3,8,15H,4-5H2,(H,14,16)(H,17,18)/t8-/m0/s1. The molecule has 1 amide bonds. The number of halogens is 2. The Bertz CT molecular complexity index is 484. The summed E-state index contributed by atoms with van der Waals surface area (Å²) < 4.78 is 25.8. The largest absolute Gasteiger partial charge is 0.479 e. The van der Waals surface area contributed by atoms with Gasteiger partial charge in [0.1, 0.15) is 11.6 Å². The van der Waals surface area contributed by atoms with Crippen LogP contribution in [-0.2, 0) is 9.59 Å². The fourth-order valence-corrected chi connectivity index (χ4v) is 1.83. The Morgan fingerprint density at radius 2 is 2.05 bits per heavy atom. The summed E-state index contributed by atoms with van der Waals surface area (Å²) in [6, 6.07) is 2.97. The number of thioether (sulfide) groups is 1. The molecule has 8 heteroatoms. The molecular formula is C11H11F2NO4S. The predicted molar refractivity (Wildman–Crippen MR) is 63.7 cm³/mol. The summed E-state index contributed by atoms with van der Waals surface area (Å²) in [6.07, 6.45) is -1.68. The zero-order valence-electron chi connectivity index (χ0n) is 9.60. The molecule has 0 saturated carbocycles. The number of nitrogens with one attached hydrogen (secondary N) is 1. The van der Waals surface area contributed by atoms with Crippen molar-refractivity contribution >= 4 is 23.6 Å². The second-order valence-corrected chi connectivity index (χ2v) is 4.54. The molecule has 0 fully saturated rings. The van der Waals surface area contributed by atoms with Gasteiger partial charge in [-0.2, -0.15) is 0 Å². The number of amides is 1. The first-order chi connectivity index (χ1) is 8.90. The highest BCUT2D eigenvalue weighted by Gasteiger charge is 2.14. The number of carbonyl (C=O) groups excluding carboxylic acids is 1. The van der Waals surface area contributed by atoms with Crippen LogP contribution in [0.4, 0.5) is 8.78 Å². The van der Waals surface area contributed by atoms with Crippen molar-refractivity contribution in [3.63, 3.8) is 0 Å². The Hall–Kier alpha value is -1.67. The van der Waals surface area contributed by atoms with Crippen molar-refractivity contribution in [2.24, 2.45) is 0 Å². The number of aliphatic hydroxyl groups excluding tert-OH is 1. The highest BCUT2D eigenvalue weighted by molar-refractivity contribution is 8.00. The molecule has 0 aliphatic carbocycles. The number of benzene rings is 1. The van der Waals surface area contributed by atoms with Crippen LogP contribution in [0.1, 0.15) is 0 Å². The molecule has 0 saturated heterocycles. The lowest BCUT2D eigenvalue weighted by molar-refractivity contribution is -0.146. The lowest BCUT2D eigenvalue weighted by atomic mass is 10.3. The van der Waals surface area contributed by atoms with Crippen molar-refractivity contribution < 1.29 is 28.6 Å².